The summed E-state index contributed by atoms with van der Waals surface area (Å²) >= 11 is 0. The van der Waals surface area contributed by atoms with Gasteiger partial charge in [0.2, 0.25) is 6.79 Å². The van der Waals surface area contributed by atoms with Crippen molar-refractivity contribution in [2.24, 2.45) is 0 Å². The van der Waals surface area contributed by atoms with E-state index in [-0.39, 0.29) is 5.41 Å². The summed E-state index contributed by atoms with van der Waals surface area (Å²) in [5.41, 5.74) is 1.32. The molecule has 0 saturated carbocycles. The molecule has 0 aromatic heterocycles. The van der Waals surface area contributed by atoms with E-state index in [9.17, 15) is 0 Å². The van der Waals surface area contributed by atoms with Crippen molar-refractivity contribution in [2.45, 2.75) is 33.1 Å². The van der Waals surface area contributed by atoms with Crippen LogP contribution >= 0.6 is 0 Å². The minimum absolute atomic E-state index is 0.110. The van der Waals surface area contributed by atoms with Crippen LogP contribution in [0.3, 0.4) is 0 Å². The highest BCUT2D eigenvalue weighted by Gasteiger charge is 2.24. The smallest absolute Gasteiger partial charge is 0.231 e. The predicted octanol–water partition coefficient (Wildman–Crippen LogP) is 3.38. The zero-order chi connectivity index (χ0) is 17.0. The lowest BCUT2D eigenvalue weighted by Gasteiger charge is -2.20. The lowest BCUT2D eigenvalue weighted by Crippen LogP contribution is -2.11. The van der Waals surface area contributed by atoms with E-state index in [1.54, 1.807) is 6.92 Å². The van der Waals surface area contributed by atoms with Crippen molar-refractivity contribution in [2.75, 3.05) is 6.79 Å². The summed E-state index contributed by atoms with van der Waals surface area (Å²) in [4.78, 5) is 0. The zero-order valence-electron chi connectivity index (χ0n) is 13.2. The molecule has 4 heteroatoms. The highest BCUT2D eigenvalue weighted by molar-refractivity contribution is 5.50. The maximum atomic E-state index is 6.00. The fourth-order valence-corrected chi connectivity index (χ4v) is 1.65. The molecule has 2 rings (SSSR count). The number of benzene rings is 1. The first-order chi connectivity index (χ1) is 10.5. The molecule has 1 aliphatic rings. The standard InChI is InChI=1S/C11H14O2.C7H4.H2O2/c1-11(2,3)8-5-4-6-9-10(8)13-7-12-9;1-3-5-7-6-4-2;1-2/h4-6H,7H2,1-3H3;1H,2H3;1-2H. The Morgan fingerprint density at radius 3 is 2.32 bits per heavy atom. The summed E-state index contributed by atoms with van der Waals surface area (Å²) in [6.07, 6.45) is 4.78. The summed E-state index contributed by atoms with van der Waals surface area (Å²) < 4.78 is 10.7. The Balaban J connectivity index is 0.000000421. The van der Waals surface area contributed by atoms with Crippen LogP contribution in [0, 0.1) is 36.0 Å². The summed E-state index contributed by atoms with van der Waals surface area (Å²) in [6, 6.07) is 6.04. The van der Waals surface area contributed by atoms with E-state index >= 15 is 0 Å². The van der Waals surface area contributed by atoms with Gasteiger partial charge in [-0.05, 0) is 42.1 Å². The second-order valence-electron chi connectivity index (χ2n) is 5.06. The van der Waals surface area contributed by atoms with Crippen molar-refractivity contribution in [3.05, 3.63) is 23.8 Å². The SMILES string of the molecule is C#CC#CC#CC.CC(C)(C)c1cccc2c1OCO2.OO. The first-order valence-electron chi connectivity index (χ1n) is 6.47. The average Bonchev–Trinajstić information content (AvgIpc) is 2.98. The Bertz CT molecular complexity index is 626. The predicted molar refractivity (Wildman–Crippen MR) is 86.6 cm³/mol. The topological polar surface area (TPSA) is 58.9 Å². The molecule has 0 radical (unpaired) electrons. The van der Waals surface area contributed by atoms with Crippen LogP contribution in [0.15, 0.2) is 18.2 Å². The quantitative estimate of drug-likeness (QED) is 0.438. The Hall–Kier alpha value is -2.58. The van der Waals surface area contributed by atoms with Gasteiger partial charge in [0, 0.05) is 5.56 Å². The number of ether oxygens (including phenoxy) is 2. The van der Waals surface area contributed by atoms with Crippen molar-refractivity contribution in [3.63, 3.8) is 0 Å². The lowest BCUT2D eigenvalue weighted by molar-refractivity contribution is -0.176. The highest BCUT2D eigenvalue weighted by Crippen LogP contribution is 2.40. The Kier molecular flexibility index (Phi) is 9.00. The number of hydrogen-bond donors (Lipinski definition) is 2. The molecule has 1 aromatic rings. The monoisotopic (exact) mass is 300 g/mol. The number of terminal acetylenes is 1. The van der Waals surface area contributed by atoms with Gasteiger partial charge in [0.15, 0.2) is 11.5 Å². The molecule has 1 aromatic carbocycles. The molecule has 0 unspecified atom stereocenters. The molecular weight excluding hydrogens is 280 g/mol. The second-order valence-corrected chi connectivity index (χ2v) is 5.06. The van der Waals surface area contributed by atoms with Gasteiger partial charge in [0.05, 0.1) is 0 Å². The number of para-hydroxylation sites is 1. The molecule has 1 heterocycles. The van der Waals surface area contributed by atoms with Crippen LogP contribution in [-0.2, 0) is 5.41 Å². The third kappa shape index (κ3) is 6.25. The van der Waals surface area contributed by atoms with Gasteiger partial charge in [-0.3, -0.25) is 10.5 Å². The molecule has 116 valence electrons. The summed E-state index contributed by atoms with van der Waals surface area (Å²) in [7, 11) is 0. The Labute approximate surface area is 132 Å². The van der Waals surface area contributed by atoms with Crippen LogP contribution < -0.4 is 9.47 Å². The van der Waals surface area contributed by atoms with Crippen LogP contribution in [0.5, 0.6) is 11.5 Å². The Morgan fingerprint density at radius 1 is 1.09 bits per heavy atom. The van der Waals surface area contributed by atoms with Gasteiger partial charge in [-0.25, -0.2) is 0 Å². The fourth-order valence-electron chi connectivity index (χ4n) is 1.65. The fraction of sp³-hybridized carbons (Fsp3) is 0.333. The molecule has 4 nitrogen and oxygen atoms in total. The minimum atomic E-state index is 0.110. The van der Waals surface area contributed by atoms with Crippen LogP contribution in [0.1, 0.15) is 33.3 Å². The van der Waals surface area contributed by atoms with E-state index in [4.69, 9.17) is 26.4 Å². The Morgan fingerprint density at radius 2 is 1.77 bits per heavy atom. The molecular formula is C18H20O4. The first-order valence-corrected chi connectivity index (χ1v) is 6.47. The van der Waals surface area contributed by atoms with Crippen molar-refractivity contribution in [3.8, 4) is 47.5 Å². The van der Waals surface area contributed by atoms with Gasteiger partial charge in [-0.1, -0.05) is 38.8 Å². The van der Waals surface area contributed by atoms with Gasteiger partial charge in [-0.15, -0.1) is 6.42 Å². The molecule has 0 bridgehead atoms. The average molecular weight is 300 g/mol. The van der Waals surface area contributed by atoms with E-state index in [2.05, 4.69) is 56.4 Å². The molecule has 0 amide bonds. The third-order valence-corrected chi connectivity index (χ3v) is 2.53. The van der Waals surface area contributed by atoms with E-state index in [0.717, 1.165) is 11.5 Å². The molecule has 1 aliphatic heterocycles. The molecule has 0 aliphatic carbocycles. The highest BCUT2D eigenvalue weighted by atomic mass is 17.0. The van der Waals surface area contributed by atoms with Gasteiger partial charge in [-0.2, -0.15) is 0 Å². The minimum Gasteiger partial charge on any atom is -0.454 e. The van der Waals surface area contributed by atoms with Gasteiger partial charge in [0.1, 0.15) is 0 Å². The van der Waals surface area contributed by atoms with E-state index in [1.807, 2.05) is 12.1 Å². The van der Waals surface area contributed by atoms with Crippen LogP contribution in [0.2, 0.25) is 0 Å². The maximum absolute atomic E-state index is 6.00. The van der Waals surface area contributed by atoms with E-state index < -0.39 is 0 Å². The molecule has 0 saturated heterocycles. The number of rotatable bonds is 0. The van der Waals surface area contributed by atoms with Crippen molar-refractivity contribution in [1.29, 1.82) is 0 Å². The second kappa shape index (κ2) is 10.2. The van der Waals surface area contributed by atoms with Crippen LogP contribution in [0.25, 0.3) is 0 Å². The van der Waals surface area contributed by atoms with Crippen LogP contribution in [-0.4, -0.2) is 17.3 Å². The van der Waals surface area contributed by atoms with E-state index in [1.165, 1.54) is 5.56 Å². The van der Waals surface area contributed by atoms with Crippen molar-refractivity contribution in [1.82, 2.24) is 0 Å². The van der Waals surface area contributed by atoms with E-state index in [0.29, 0.717) is 6.79 Å². The largest absolute Gasteiger partial charge is 0.454 e. The number of fused-ring (bicyclic) bond motifs is 1. The summed E-state index contributed by atoms with van der Waals surface area (Å²) in [5.74, 6) is 13.8. The molecule has 0 atom stereocenters. The normalized spacial score (nSPS) is 10.0. The molecule has 0 fully saturated rings. The third-order valence-electron chi connectivity index (χ3n) is 2.53. The summed E-state index contributed by atoms with van der Waals surface area (Å²) in [6.45, 7) is 8.58. The van der Waals surface area contributed by atoms with Crippen molar-refractivity contribution < 1.29 is 20.0 Å². The lowest BCUT2D eigenvalue weighted by atomic mass is 9.86. The molecule has 2 N–H and O–H groups in total. The number of hydrogen-bond acceptors (Lipinski definition) is 4. The summed E-state index contributed by atoms with van der Waals surface area (Å²) in [5, 5.41) is 12.0. The first kappa shape index (κ1) is 19.4. The van der Waals surface area contributed by atoms with Gasteiger partial charge >= 0.3 is 0 Å². The van der Waals surface area contributed by atoms with Crippen molar-refractivity contribution >= 4 is 0 Å². The molecule has 22 heavy (non-hydrogen) atoms. The maximum Gasteiger partial charge on any atom is 0.231 e. The van der Waals surface area contributed by atoms with Crippen LogP contribution in [0.4, 0.5) is 0 Å². The molecule has 0 spiro atoms. The zero-order valence-corrected chi connectivity index (χ0v) is 13.2. The van der Waals surface area contributed by atoms with Gasteiger partial charge < -0.3 is 9.47 Å². The van der Waals surface area contributed by atoms with Gasteiger partial charge in [0.25, 0.3) is 0 Å².